The van der Waals surface area contributed by atoms with Crippen LogP contribution in [0.1, 0.15) is 73.8 Å². The van der Waals surface area contributed by atoms with Crippen molar-refractivity contribution in [3.8, 4) is 5.75 Å². The highest BCUT2D eigenvalue weighted by molar-refractivity contribution is 5.83. The summed E-state index contributed by atoms with van der Waals surface area (Å²) >= 11 is 0. The van der Waals surface area contributed by atoms with Crippen LogP contribution in [0.3, 0.4) is 0 Å². The van der Waals surface area contributed by atoms with Gasteiger partial charge >= 0.3 is 6.18 Å². The molecule has 2 aliphatic heterocycles. The summed E-state index contributed by atoms with van der Waals surface area (Å²) in [7, 11) is 1.70. The summed E-state index contributed by atoms with van der Waals surface area (Å²) in [6.45, 7) is 4.84. The van der Waals surface area contributed by atoms with Gasteiger partial charge in [0.2, 0.25) is 5.91 Å². The van der Waals surface area contributed by atoms with Gasteiger partial charge in [-0.1, -0.05) is 19.1 Å². The molecule has 0 spiro atoms. The first-order chi connectivity index (χ1) is 17.7. The molecule has 8 heteroatoms. The summed E-state index contributed by atoms with van der Waals surface area (Å²) in [6.07, 6.45) is 2.58. The Labute approximate surface area is 217 Å². The molecule has 2 fully saturated rings. The molecule has 1 aromatic heterocycles. The van der Waals surface area contributed by atoms with E-state index in [0.717, 1.165) is 63.6 Å². The Morgan fingerprint density at radius 3 is 2.65 bits per heavy atom. The van der Waals surface area contributed by atoms with Crippen LogP contribution in [0, 0.1) is 5.41 Å². The molecule has 1 amide bonds. The van der Waals surface area contributed by atoms with Gasteiger partial charge in [0.25, 0.3) is 0 Å². The fraction of sp³-hybridized carbons (Fsp3) is 0.586. The van der Waals surface area contributed by atoms with E-state index >= 15 is 0 Å². The van der Waals surface area contributed by atoms with E-state index in [-0.39, 0.29) is 12.5 Å². The van der Waals surface area contributed by atoms with Crippen molar-refractivity contribution in [3.05, 3.63) is 58.9 Å². The molecule has 1 saturated carbocycles. The number of aromatic nitrogens is 1. The van der Waals surface area contributed by atoms with Crippen molar-refractivity contribution in [2.24, 2.45) is 5.41 Å². The van der Waals surface area contributed by atoms with Crippen LogP contribution in [0.4, 0.5) is 13.2 Å². The lowest BCUT2D eigenvalue weighted by molar-refractivity contribution is -0.143. The number of carbonyl (C=O) groups is 1. The first-order valence-electron chi connectivity index (χ1n) is 13.4. The zero-order valence-electron chi connectivity index (χ0n) is 21.7. The monoisotopic (exact) mass is 515 g/mol. The van der Waals surface area contributed by atoms with Gasteiger partial charge in [-0.15, -0.1) is 0 Å². The quantitative estimate of drug-likeness (QED) is 0.503. The number of rotatable bonds is 5. The van der Waals surface area contributed by atoms with Gasteiger partial charge in [0.15, 0.2) is 0 Å². The van der Waals surface area contributed by atoms with E-state index in [1.165, 1.54) is 11.6 Å². The molecule has 37 heavy (non-hydrogen) atoms. The second-order valence-electron chi connectivity index (χ2n) is 10.9. The largest absolute Gasteiger partial charge is 0.497 e. The maximum Gasteiger partial charge on any atom is 0.417 e. The number of methoxy groups -OCH3 is 1. The molecule has 0 bridgehead atoms. The van der Waals surface area contributed by atoms with Crippen LogP contribution in [0.15, 0.2) is 36.5 Å². The van der Waals surface area contributed by atoms with Gasteiger partial charge in [0.1, 0.15) is 5.75 Å². The van der Waals surface area contributed by atoms with E-state index in [2.05, 4.69) is 35.0 Å². The minimum absolute atomic E-state index is 0.104. The summed E-state index contributed by atoms with van der Waals surface area (Å²) in [6, 6.07) is 9.91. The van der Waals surface area contributed by atoms with Crippen LogP contribution in [0.25, 0.3) is 0 Å². The lowest BCUT2D eigenvalue weighted by Gasteiger charge is -2.39. The van der Waals surface area contributed by atoms with Crippen molar-refractivity contribution >= 4 is 5.91 Å². The van der Waals surface area contributed by atoms with Gasteiger partial charge in [0.05, 0.1) is 18.1 Å². The number of hydrogen-bond donors (Lipinski definition) is 0. The molecule has 0 unspecified atom stereocenters. The van der Waals surface area contributed by atoms with Crippen LogP contribution >= 0.6 is 0 Å². The number of piperidine rings is 1. The molecule has 1 aromatic carbocycles. The second kappa shape index (κ2) is 10.3. The summed E-state index contributed by atoms with van der Waals surface area (Å²) in [4.78, 5) is 22.2. The van der Waals surface area contributed by atoms with E-state index in [9.17, 15) is 18.0 Å². The van der Waals surface area contributed by atoms with Crippen LogP contribution < -0.4 is 4.74 Å². The Bertz CT molecular complexity index is 1130. The number of pyridine rings is 1. The van der Waals surface area contributed by atoms with Crippen molar-refractivity contribution in [1.82, 2.24) is 14.8 Å². The van der Waals surface area contributed by atoms with E-state index in [1.54, 1.807) is 12.0 Å². The maximum atomic E-state index is 13.8. The van der Waals surface area contributed by atoms with Crippen LogP contribution in [-0.2, 0) is 23.9 Å². The highest BCUT2D eigenvalue weighted by Gasteiger charge is 2.48. The van der Waals surface area contributed by atoms with Gasteiger partial charge in [-0.05, 0) is 86.9 Å². The van der Waals surface area contributed by atoms with Crippen molar-refractivity contribution in [3.63, 3.8) is 0 Å². The summed E-state index contributed by atoms with van der Waals surface area (Å²) in [5, 5.41) is 0. The van der Waals surface area contributed by atoms with Crippen molar-refractivity contribution < 1.29 is 22.7 Å². The highest BCUT2D eigenvalue weighted by atomic mass is 19.4. The fourth-order valence-corrected chi connectivity index (χ4v) is 6.66. The highest BCUT2D eigenvalue weighted by Crippen LogP contribution is 2.46. The normalized spacial score (nSPS) is 25.2. The van der Waals surface area contributed by atoms with E-state index in [1.807, 2.05) is 6.07 Å². The third-order valence-corrected chi connectivity index (χ3v) is 8.98. The van der Waals surface area contributed by atoms with Crippen molar-refractivity contribution in [2.75, 3.05) is 26.7 Å². The number of fused-ring (bicyclic) bond motifs is 1. The Morgan fingerprint density at radius 1 is 1.16 bits per heavy atom. The Morgan fingerprint density at radius 2 is 1.95 bits per heavy atom. The molecule has 0 N–H and O–H groups in total. The molecule has 0 radical (unpaired) electrons. The second-order valence-corrected chi connectivity index (χ2v) is 10.9. The smallest absolute Gasteiger partial charge is 0.417 e. The predicted molar refractivity (Wildman–Crippen MR) is 135 cm³/mol. The number of likely N-dealkylation sites (tertiary alicyclic amines) is 1. The van der Waals surface area contributed by atoms with Crippen LogP contribution in [0.2, 0.25) is 0 Å². The van der Waals surface area contributed by atoms with Gasteiger partial charge in [-0.2, -0.15) is 13.2 Å². The van der Waals surface area contributed by atoms with Crippen molar-refractivity contribution in [1.29, 1.82) is 0 Å². The lowest BCUT2D eigenvalue weighted by atomic mass is 9.80. The zero-order valence-corrected chi connectivity index (χ0v) is 21.7. The molecule has 2 atom stereocenters. The number of benzene rings is 1. The summed E-state index contributed by atoms with van der Waals surface area (Å²) in [5.41, 5.74) is 1.35. The molecular formula is C29H36F3N3O2. The number of hydrogen-bond acceptors (Lipinski definition) is 4. The Balaban J connectivity index is 1.22. The summed E-state index contributed by atoms with van der Waals surface area (Å²) < 4.78 is 45.1. The van der Waals surface area contributed by atoms with Crippen LogP contribution in [0.5, 0.6) is 5.75 Å². The van der Waals surface area contributed by atoms with Gasteiger partial charge in [0, 0.05) is 37.4 Å². The molecule has 1 aliphatic carbocycles. The lowest BCUT2D eigenvalue weighted by Crippen LogP contribution is -2.46. The number of alkyl halides is 3. The first kappa shape index (κ1) is 26.0. The van der Waals surface area contributed by atoms with Gasteiger partial charge in [-0.25, -0.2) is 0 Å². The molecule has 3 aliphatic rings. The Hall–Kier alpha value is -2.61. The summed E-state index contributed by atoms with van der Waals surface area (Å²) in [5.74, 6) is 1.52. The van der Waals surface area contributed by atoms with E-state index < -0.39 is 17.2 Å². The standard InChI is InChI=1S/C29H36F3N3O2/c1-3-28(27(36)35-14-10-26-22(19-35)15-23(18-33-26)29(30,31)32)11-7-24(17-28)34-12-8-20(9-13-34)21-5-4-6-25(16-21)37-2/h4-6,15-16,18,20,24H,3,7-14,17,19H2,1-2H3/t24-,28+/m1/s1. The third-order valence-electron chi connectivity index (χ3n) is 8.98. The minimum atomic E-state index is -4.43. The topological polar surface area (TPSA) is 45.7 Å². The molecule has 3 heterocycles. The van der Waals surface area contributed by atoms with Crippen LogP contribution in [-0.4, -0.2) is 53.5 Å². The van der Waals surface area contributed by atoms with E-state index in [4.69, 9.17) is 4.74 Å². The number of ether oxygens (including phenoxy) is 1. The third kappa shape index (κ3) is 5.22. The molecule has 200 valence electrons. The maximum absolute atomic E-state index is 13.8. The first-order valence-corrected chi connectivity index (χ1v) is 13.4. The van der Waals surface area contributed by atoms with E-state index in [0.29, 0.717) is 36.2 Å². The zero-order chi connectivity index (χ0) is 26.2. The molecular weight excluding hydrogens is 479 g/mol. The van der Waals surface area contributed by atoms with Gasteiger partial charge < -0.3 is 14.5 Å². The number of carbonyl (C=O) groups excluding carboxylic acids is 1. The number of halogens is 3. The minimum Gasteiger partial charge on any atom is -0.497 e. The SMILES string of the molecule is CC[C@]1(C(=O)N2CCc3ncc(C(F)(F)F)cc3C2)CC[C@@H](N2CCC(c3cccc(OC)c3)CC2)C1. The molecule has 5 nitrogen and oxygen atoms in total. The number of amides is 1. The predicted octanol–water partition coefficient (Wildman–Crippen LogP) is 5.82. The average Bonchev–Trinajstić information content (AvgIpc) is 3.37. The van der Waals surface area contributed by atoms with Crippen molar-refractivity contribution in [2.45, 2.75) is 76.6 Å². The molecule has 2 aromatic rings. The Kier molecular flexibility index (Phi) is 7.22. The molecule has 1 saturated heterocycles. The van der Waals surface area contributed by atoms with Gasteiger partial charge in [-0.3, -0.25) is 9.78 Å². The average molecular weight is 516 g/mol. The molecule has 5 rings (SSSR count). The number of nitrogens with zero attached hydrogens (tertiary/aromatic N) is 3. The fourth-order valence-electron chi connectivity index (χ4n) is 6.66.